The number of hydrogen-bond acceptors (Lipinski definition) is 1. The number of rotatable bonds is 8. The van der Waals surface area contributed by atoms with Crippen LogP contribution in [0.1, 0.15) is 55.7 Å². The van der Waals surface area contributed by atoms with E-state index >= 15 is 0 Å². The van der Waals surface area contributed by atoms with E-state index in [-0.39, 0.29) is 5.75 Å². The molecule has 0 unspecified atom stereocenters. The molecule has 1 nitrogen and oxygen atoms in total. The standard InChI is InChI=1S/C15H22Cl2O/c1-2-3-4-5-6-7-12-8-13(10-16)15(18)14(9-12)11-17/h8-9,18H,2-7,10-11H2,1H3. The summed E-state index contributed by atoms with van der Waals surface area (Å²) >= 11 is 11.7. The van der Waals surface area contributed by atoms with Gasteiger partial charge in [-0.3, -0.25) is 0 Å². The zero-order valence-corrected chi connectivity index (χ0v) is 12.5. The molecule has 1 rings (SSSR count). The fraction of sp³-hybridized carbons (Fsp3) is 0.600. The fourth-order valence-corrected chi connectivity index (χ4v) is 2.52. The van der Waals surface area contributed by atoms with Crippen LogP contribution in [0.2, 0.25) is 0 Å². The number of aromatic hydroxyl groups is 1. The second-order valence-electron chi connectivity index (χ2n) is 4.69. The van der Waals surface area contributed by atoms with Gasteiger partial charge in [-0.25, -0.2) is 0 Å². The van der Waals surface area contributed by atoms with E-state index in [1.165, 1.54) is 37.7 Å². The highest BCUT2D eigenvalue weighted by molar-refractivity contribution is 6.18. The van der Waals surface area contributed by atoms with Gasteiger partial charge in [0.1, 0.15) is 5.75 Å². The van der Waals surface area contributed by atoms with Crippen molar-refractivity contribution in [1.29, 1.82) is 0 Å². The number of phenolic OH excluding ortho intramolecular Hbond substituents is 1. The summed E-state index contributed by atoms with van der Waals surface area (Å²) in [6, 6.07) is 4.00. The first-order valence-corrected chi connectivity index (χ1v) is 7.75. The molecular formula is C15H22Cl2O. The van der Waals surface area contributed by atoms with Crippen LogP contribution in [-0.2, 0) is 18.2 Å². The Morgan fingerprint density at radius 1 is 0.944 bits per heavy atom. The third kappa shape index (κ3) is 4.70. The van der Waals surface area contributed by atoms with Gasteiger partial charge in [0.05, 0.1) is 11.8 Å². The number of phenols is 1. The Hall–Kier alpha value is -0.400. The first-order valence-electron chi connectivity index (χ1n) is 6.68. The van der Waals surface area contributed by atoms with Crippen LogP contribution in [0.3, 0.4) is 0 Å². The molecule has 1 aromatic rings. The SMILES string of the molecule is CCCCCCCc1cc(CCl)c(O)c(CCl)c1. The minimum absolute atomic E-state index is 0.259. The molecule has 0 spiro atoms. The van der Waals surface area contributed by atoms with Gasteiger partial charge in [-0.2, -0.15) is 0 Å². The van der Waals surface area contributed by atoms with E-state index in [4.69, 9.17) is 23.2 Å². The van der Waals surface area contributed by atoms with Crippen LogP contribution in [0.15, 0.2) is 12.1 Å². The van der Waals surface area contributed by atoms with Crippen molar-refractivity contribution in [3.05, 3.63) is 28.8 Å². The summed E-state index contributed by atoms with van der Waals surface area (Å²) in [5, 5.41) is 9.89. The van der Waals surface area contributed by atoms with Crippen molar-refractivity contribution in [3.63, 3.8) is 0 Å². The van der Waals surface area contributed by atoms with Crippen molar-refractivity contribution in [2.45, 2.75) is 57.2 Å². The number of hydrogen-bond donors (Lipinski definition) is 1. The molecule has 0 amide bonds. The van der Waals surface area contributed by atoms with Crippen molar-refractivity contribution in [2.75, 3.05) is 0 Å². The summed E-state index contributed by atoms with van der Waals surface area (Å²) in [6.45, 7) is 2.22. The van der Waals surface area contributed by atoms with Crippen molar-refractivity contribution in [3.8, 4) is 5.75 Å². The maximum atomic E-state index is 9.89. The Labute approximate surface area is 120 Å². The molecule has 0 aliphatic carbocycles. The number of benzene rings is 1. The van der Waals surface area contributed by atoms with Gasteiger partial charge in [-0.15, -0.1) is 23.2 Å². The van der Waals surface area contributed by atoms with Crippen molar-refractivity contribution in [1.82, 2.24) is 0 Å². The van der Waals surface area contributed by atoms with E-state index in [1.54, 1.807) is 0 Å². The molecule has 0 saturated carbocycles. The van der Waals surface area contributed by atoms with Crippen molar-refractivity contribution in [2.24, 2.45) is 0 Å². The Morgan fingerprint density at radius 2 is 1.50 bits per heavy atom. The van der Waals surface area contributed by atoms with Crippen LogP contribution in [-0.4, -0.2) is 5.11 Å². The average Bonchev–Trinajstić information content (AvgIpc) is 2.40. The lowest BCUT2D eigenvalue weighted by atomic mass is 10.0. The van der Waals surface area contributed by atoms with Crippen LogP contribution >= 0.6 is 23.2 Å². The quantitative estimate of drug-likeness (QED) is 0.503. The van der Waals surface area contributed by atoms with E-state index in [1.807, 2.05) is 12.1 Å². The summed E-state index contributed by atoms with van der Waals surface area (Å²) in [5.41, 5.74) is 2.81. The van der Waals surface area contributed by atoms with Crippen LogP contribution < -0.4 is 0 Å². The predicted molar refractivity (Wildman–Crippen MR) is 79.7 cm³/mol. The van der Waals surface area contributed by atoms with E-state index in [2.05, 4.69) is 6.92 Å². The second kappa shape index (κ2) is 8.66. The van der Waals surface area contributed by atoms with Crippen molar-refractivity contribution < 1.29 is 5.11 Å². The molecule has 0 fully saturated rings. The molecule has 0 aliphatic rings. The molecule has 0 saturated heterocycles. The third-order valence-electron chi connectivity index (χ3n) is 3.18. The zero-order valence-electron chi connectivity index (χ0n) is 11.0. The summed E-state index contributed by atoms with van der Waals surface area (Å²) in [6.07, 6.45) is 7.38. The molecule has 0 aliphatic heterocycles. The van der Waals surface area contributed by atoms with Crippen LogP contribution in [0.4, 0.5) is 0 Å². The highest BCUT2D eigenvalue weighted by Gasteiger charge is 2.08. The second-order valence-corrected chi connectivity index (χ2v) is 5.23. The molecule has 0 aromatic heterocycles. The number of halogens is 2. The molecule has 102 valence electrons. The molecule has 0 heterocycles. The van der Waals surface area contributed by atoms with Gasteiger partial charge in [0.2, 0.25) is 0 Å². The third-order valence-corrected chi connectivity index (χ3v) is 3.76. The summed E-state index contributed by atoms with van der Waals surface area (Å²) in [7, 11) is 0. The Balaban J connectivity index is 2.60. The van der Waals surface area contributed by atoms with Gasteiger partial charge < -0.3 is 5.11 Å². The maximum Gasteiger partial charge on any atom is 0.124 e. The maximum absolute atomic E-state index is 9.89. The number of unbranched alkanes of at least 4 members (excludes halogenated alkanes) is 4. The van der Waals surface area contributed by atoms with Crippen LogP contribution in [0, 0.1) is 0 Å². The zero-order chi connectivity index (χ0) is 13.4. The monoisotopic (exact) mass is 288 g/mol. The summed E-state index contributed by atoms with van der Waals surface area (Å²) in [5.74, 6) is 0.924. The summed E-state index contributed by atoms with van der Waals surface area (Å²) in [4.78, 5) is 0. The van der Waals surface area contributed by atoms with Gasteiger partial charge >= 0.3 is 0 Å². The van der Waals surface area contributed by atoms with Gasteiger partial charge in [-0.05, 0) is 18.4 Å². The molecule has 3 heteroatoms. The minimum atomic E-state index is 0.259. The topological polar surface area (TPSA) is 20.2 Å². The molecule has 18 heavy (non-hydrogen) atoms. The normalized spacial score (nSPS) is 10.8. The minimum Gasteiger partial charge on any atom is -0.507 e. The van der Waals surface area contributed by atoms with E-state index in [0.717, 1.165) is 17.5 Å². The van der Waals surface area contributed by atoms with E-state index in [9.17, 15) is 5.11 Å². The Kier molecular flexibility index (Phi) is 7.53. The average molecular weight is 289 g/mol. The Morgan fingerprint density at radius 3 is 2.00 bits per heavy atom. The fourth-order valence-electron chi connectivity index (χ4n) is 2.11. The van der Waals surface area contributed by atoms with E-state index in [0.29, 0.717) is 11.8 Å². The Bertz CT molecular complexity index is 339. The largest absolute Gasteiger partial charge is 0.507 e. The molecule has 0 atom stereocenters. The highest BCUT2D eigenvalue weighted by atomic mass is 35.5. The van der Waals surface area contributed by atoms with Crippen LogP contribution in [0.5, 0.6) is 5.75 Å². The van der Waals surface area contributed by atoms with Crippen LogP contribution in [0.25, 0.3) is 0 Å². The molecule has 1 N–H and O–H groups in total. The molecule has 0 radical (unpaired) electrons. The van der Waals surface area contributed by atoms with Gasteiger partial charge in [0, 0.05) is 11.1 Å². The molecular weight excluding hydrogens is 267 g/mol. The lowest BCUT2D eigenvalue weighted by Gasteiger charge is -2.10. The first kappa shape index (κ1) is 15.7. The van der Waals surface area contributed by atoms with Crippen molar-refractivity contribution >= 4 is 23.2 Å². The van der Waals surface area contributed by atoms with Gasteiger partial charge in [-0.1, -0.05) is 44.7 Å². The number of aryl methyl sites for hydroxylation is 1. The van der Waals surface area contributed by atoms with Gasteiger partial charge in [0.15, 0.2) is 0 Å². The molecule has 0 bridgehead atoms. The molecule has 1 aromatic carbocycles. The lowest BCUT2D eigenvalue weighted by Crippen LogP contribution is -1.93. The van der Waals surface area contributed by atoms with E-state index < -0.39 is 0 Å². The van der Waals surface area contributed by atoms with Gasteiger partial charge in [0.25, 0.3) is 0 Å². The smallest absolute Gasteiger partial charge is 0.124 e. The predicted octanol–water partition coefficient (Wildman–Crippen LogP) is 5.38. The summed E-state index contributed by atoms with van der Waals surface area (Å²) < 4.78 is 0. The highest BCUT2D eigenvalue weighted by Crippen LogP contribution is 2.28. The lowest BCUT2D eigenvalue weighted by molar-refractivity contribution is 0.465. The first-order chi connectivity index (χ1) is 8.72. The number of alkyl halides is 2.